The second-order valence-electron chi connectivity index (χ2n) is 2.09. The Morgan fingerprint density at radius 2 is 1.50 bits per heavy atom. The van der Waals surface area contributed by atoms with Crippen molar-refractivity contribution in [2.45, 2.75) is 53.9 Å². The van der Waals surface area contributed by atoms with E-state index in [4.69, 9.17) is 0 Å². The zero-order chi connectivity index (χ0) is 10.2. The third kappa shape index (κ3) is 56.3. The van der Waals surface area contributed by atoms with E-state index in [2.05, 4.69) is 26.5 Å². The molecule has 0 N–H and O–H groups in total. The molecule has 12 heavy (non-hydrogen) atoms. The van der Waals surface area contributed by atoms with E-state index in [1.807, 2.05) is 32.9 Å². The predicted molar refractivity (Wildman–Crippen MR) is 61.6 cm³/mol. The van der Waals surface area contributed by atoms with Crippen LogP contribution in [0, 0.1) is 0 Å². The van der Waals surface area contributed by atoms with Gasteiger partial charge in [0.2, 0.25) is 0 Å². The summed E-state index contributed by atoms with van der Waals surface area (Å²) < 4.78 is 0. The first kappa shape index (κ1) is 17.5. The normalized spacial score (nSPS) is 7.75. The summed E-state index contributed by atoms with van der Waals surface area (Å²) in [5.41, 5.74) is 0. The Morgan fingerprint density at radius 3 is 1.58 bits per heavy atom. The Hall–Kier alpha value is -0.520. The maximum atomic E-state index is 3.55. The van der Waals surface area contributed by atoms with Crippen LogP contribution in [0.15, 0.2) is 24.8 Å². The van der Waals surface area contributed by atoms with Crippen LogP contribution in [0.3, 0.4) is 0 Å². The second kappa shape index (κ2) is 31.4. The van der Waals surface area contributed by atoms with Crippen LogP contribution in [-0.2, 0) is 0 Å². The zero-order valence-electron chi connectivity index (χ0n) is 9.56. The highest BCUT2D eigenvalue weighted by atomic mass is 13.6. The Labute approximate surface area is 79.4 Å². The fourth-order valence-corrected chi connectivity index (χ4v) is 0.232. The summed E-state index contributed by atoms with van der Waals surface area (Å²) in [7, 11) is 0. The molecule has 0 aromatic heterocycles. The van der Waals surface area contributed by atoms with Crippen LogP contribution in [0.5, 0.6) is 0 Å². The number of hydrogen-bond acceptors (Lipinski definition) is 0. The molecule has 0 fully saturated rings. The Balaban J connectivity index is -0.000000118. The molecule has 0 atom stereocenters. The van der Waals surface area contributed by atoms with Gasteiger partial charge in [0.25, 0.3) is 0 Å². The van der Waals surface area contributed by atoms with Gasteiger partial charge in [0, 0.05) is 0 Å². The molecule has 0 amide bonds. The summed E-state index contributed by atoms with van der Waals surface area (Å²) in [5.74, 6) is 0. The minimum Gasteiger partial charge on any atom is -0.103 e. The lowest BCUT2D eigenvalue weighted by atomic mass is 10.4. The van der Waals surface area contributed by atoms with Gasteiger partial charge < -0.3 is 0 Å². The minimum atomic E-state index is 0.997. The van der Waals surface area contributed by atoms with Crippen molar-refractivity contribution < 1.29 is 0 Å². The van der Waals surface area contributed by atoms with Crippen molar-refractivity contribution in [2.24, 2.45) is 0 Å². The fourth-order valence-electron chi connectivity index (χ4n) is 0.232. The molecule has 0 rings (SSSR count). The maximum absolute atomic E-state index is 3.55. The van der Waals surface area contributed by atoms with Crippen molar-refractivity contribution in [2.75, 3.05) is 0 Å². The van der Waals surface area contributed by atoms with E-state index >= 15 is 0 Å². The minimum absolute atomic E-state index is 0.997. The third-order valence-electron chi connectivity index (χ3n) is 1.04. The number of hydrogen-bond donors (Lipinski definition) is 0. The van der Waals surface area contributed by atoms with Crippen molar-refractivity contribution >= 4 is 0 Å². The van der Waals surface area contributed by atoms with Gasteiger partial charge in [-0.25, -0.2) is 0 Å². The summed E-state index contributed by atoms with van der Waals surface area (Å²) in [6, 6.07) is 0. The molecule has 0 heterocycles. The van der Waals surface area contributed by atoms with Crippen LogP contribution in [0.4, 0.5) is 0 Å². The number of unbranched alkanes of at least 4 members (excludes halogenated alkanes) is 1. The van der Waals surface area contributed by atoms with Gasteiger partial charge in [0.1, 0.15) is 0 Å². The first-order valence-corrected chi connectivity index (χ1v) is 5.05. The van der Waals surface area contributed by atoms with Gasteiger partial charge in [0.15, 0.2) is 0 Å². The van der Waals surface area contributed by atoms with Crippen molar-refractivity contribution in [1.82, 2.24) is 0 Å². The third-order valence-corrected chi connectivity index (χ3v) is 1.04. The summed E-state index contributed by atoms with van der Waals surface area (Å²) in [4.78, 5) is 0. The molecule has 0 saturated heterocycles. The highest BCUT2D eigenvalue weighted by Crippen LogP contribution is 1.79. The summed E-state index contributed by atoms with van der Waals surface area (Å²) >= 11 is 0. The van der Waals surface area contributed by atoms with Crippen molar-refractivity contribution in [3.8, 4) is 0 Å². The lowest BCUT2D eigenvalue weighted by Crippen LogP contribution is -1.48. The highest BCUT2D eigenvalue weighted by molar-refractivity contribution is 4.85. The molecular formula is C12H26. The molecular weight excluding hydrogens is 144 g/mol. The van der Waals surface area contributed by atoms with Crippen LogP contribution >= 0.6 is 0 Å². The quantitative estimate of drug-likeness (QED) is 0.524. The molecule has 0 bridgehead atoms. The molecule has 0 unspecified atom stereocenters. The largest absolute Gasteiger partial charge is 0.103 e. The van der Waals surface area contributed by atoms with Crippen molar-refractivity contribution in [3.05, 3.63) is 24.8 Å². The lowest BCUT2D eigenvalue weighted by molar-refractivity contribution is 0.886. The molecule has 0 aromatic rings. The monoisotopic (exact) mass is 170 g/mol. The van der Waals surface area contributed by atoms with Crippen LogP contribution in [-0.4, -0.2) is 0 Å². The topological polar surface area (TPSA) is 0 Å². The molecule has 74 valence electrons. The predicted octanol–water partition coefficient (Wildman–Crippen LogP) is 4.97. The van der Waals surface area contributed by atoms with Gasteiger partial charge in [-0.2, -0.15) is 0 Å². The Morgan fingerprint density at radius 1 is 1.08 bits per heavy atom. The average Bonchev–Trinajstić information content (AvgIpc) is 2.18. The first-order valence-electron chi connectivity index (χ1n) is 5.05. The van der Waals surface area contributed by atoms with Crippen LogP contribution in [0.25, 0.3) is 0 Å². The van der Waals surface area contributed by atoms with Gasteiger partial charge in [-0.05, 0) is 13.3 Å². The first-order chi connectivity index (χ1) is 5.83. The Kier molecular flexibility index (Phi) is 45.8. The molecule has 0 aromatic carbocycles. The molecule has 0 aliphatic carbocycles. The molecule has 0 aliphatic heterocycles. The molecule has 0 saturated carbocycles. The van der Waals surface area contributed by atoms with Gasteiger partial charge >= 0.3 is 0 Å². The van der Waals surface area contributed by atoms with Crippen LogP contribution in [0.2, 0.25) is 0 Å². The molecule has 0 nitrogen and oxygen atoms in total. The van der Waals surface area contributed by atoms with E-state index < -0.39 is 0 Å². The van der Waals surface area contributed by atoms with E-state index in [1.165, 1.54) is 12.8 Å². The van der Waals surface area contributed by atoms with Crippen LogP contribution < -0.4 is 0 Å². The molecule has 0 heteroatoms. The molecule has 0 radical (unpaired) electrons. The van der Waals surface area contributed by atoms with Gasteiger partial charge in [0.05, 0.1) is 0 Å². The van der Waals surface area contributed by atoms with Crippen molar-refractivity contribution in [3.63, 3.8) is 0 Å². The second-order valence-corrected chi connectivity index (χ2v) is 2.09. The number of rotatable bonds is 3. The number of allylic oxidation sites excluding steroid dienone is 3. The van der Waals surface area contributed by atoms with Gasteiger partial charge in [-0.15, -0.1) is 6.58 Å². The van der Waals surface area contributed by atoms with Crippen molar-refractivity contribution in [1.29, 1.82) is 0 Å². The van der Waals surface area contributed by atoms with Gasteiger partial charge in [-0.1, -0.05) is 58.8 Å². The van der Waals surface area contributed by atoms with E-state index in [0.717, 1.165) is 6.42 Å². The fraction of sp³-hybridized carbons (Fsp3) is 0.667. The lowest BCUT2D eigenvalue weighted by Gasteiger charge is -1.69. The maximum Gasteiger partial charge on any atom is -0.0172 e. The summed E-state index contributed by atoms with van der Waals surface area (Å²) in [6.07, 6.45) is 9.59. The SMILES string of the molecule is C=CC/C=C/C.CC.CCCC. The average molecular weight is 170 g/mol. The Bertz CT molecular complexity index is 68.1. The smallest absolute Gasteiger partial charge is 0.0172 e. The summed E-state index contributed by atoms with van der Waals surface area (Å²) in [5, 5.41) is 0. The summed E-state index contributed by atoms with van der Waals surface area (Å²) in [6.45, 7) is 13.9. The van der Waals surface area contributed by atoms with E-state index in [9.17, 15) is 0 Å². The van der Waals surface area contributed by atoms with E-state index in [1.54, 1.807) is 0 Å². The van der Waals surface area contributed by atoms with E-state index in [0.29, 0.717) is 0 Å². The van der Waals surface area contributed by atoms with Gasteiger partial charge in [-0.3, -0.25) is 0 Å². The van der Waals surface area contributed by atoms with Crippen LogP contribution in [0.1, 0.15) is 53.9 Å². The molecule has 0 aliphatic rings. The highest BCUT2D eigenvalue weighted by Gasteiger charge is 1.57. The molecule has 0 spiro atoms. The standard InChI is InChI=1S/C6H10.C4H10.C2H6/c1-3-5-6-4-2;1-3-4-2;1-2/h3-4,6H,1,5H2,2H3;3-4H2,1-2H3;1-2H3/b6-4+;;. The zero-order valence-corrected chi connectivity index (χ0v) is 9.56. The van der Waals surface area contributed by atoms with E-state index in [-0.39, 0.29) is 0 Å².